The minimum absolute atomic E-state index is 0. The maximum absolute atomic E-state index is 11.9. The van der Waals surface area contributed by atoms with E-state index in [2.05, 4.69) is 6.07 Å². The standard InChI is InChI=1S/C6H4F.BrH.ClH.Li.Mg/c7-6-4-2-1-3-5-6;;;;/h2-5H;2*1H;;/q-1;;;+1;+2/p-2. The van der Waals surface area contributed by atoms with Gasteiger partial charge < -0.3 is 29.4 Å². The van der Waals surface area contributed by atoms with E-state index in [-0.39, 0.29) is 77.1 Å². The van der Waals surface area contributed by atoms with Crippen molar-refractivity contribution in [3.8, 4) is 0 Å². The molecule has 0 amide bonds. The van der Waals surface area contributed by atoms with E-state index in [1.807, 2.05) is 0 Å². The van der Waals surface area contributed by atoms with Gasteiger partial charge in [-0.05, 0) is 0 Å². The molecule has 0 spiro atoms. The summed E-state index contributed by atoms with van der Waals surface area (Å²) < 4.78 is 11.9. The normalized spacial score (nSPS) is 5.55. The fraction of sp³-hybridized carbons (Fsp3) is 0. The molecule has 0 bridgehead atoms. The first kappa shape index (κ1) is 22.8. The SMILES string of the molecule is Fc1cc[c-]cc1.[Br-].[Cl-].[Li+].[Mg+2]. The maximum Gasteiger partial charge on any atom is 2.00 e. The average molecular weight is 242 g/mol. The van der Waals surface area contributed by atoms with Gasteiger partial charge in [0.2, 0.25) is 0 Å². The first-order valence-corrected chi connectivity index (χ1v) is 2.01. The Kier molecular flexibility index (Phi) is 28.7. The van der Waals surface area contributed by atoms with Gasteiger partial charge >= 0.3 is 41.9 Å². The molecule has 1 rings (SSSR count). The van der Waals surface area contributed by atoms with E-state index in [0.29, 0.717) is 0 Å². The van der Waals surface area contributed by atoms with E-state index >= 15 is 0 Å². The maximum atomic E-state index is 11.9. The molecule has 0 saturated heterocycles. The van der Waals surface area contributed by atoms with Crippen molar-refractivity contribution in [3.63, 3.8) is 0 Å². The molecule has 0 N–H and O–H groups in total. The van der Waals surface area contributed by atoms with Gasteiger partial charge in [-0.25, -0.2) is 4.39 Å². The van der Waals surface area contributed by atoms with Crippen LogP contribution in [0.3, 0.4) is 0 Å². The van der Waals surface area contributed by atoms with Crippen LogP contribution < -0.4 is 48.2 Å². The molecule has 1 aromatic carbocycles. The molecule has 0 radical (unpaired) electrons. The van der Waals surface area contributed by atoms with Crippen LogP contribution in [-0.4, -0.2) is 23.1 Å². The molecule has 52 valence electrons. The summed E-state index contributed by atoms with van der Waals surface area (Å²) >= 11 is 0. The van der Waals surface area contributed by atoms with Crippen LogP contribution in [0, 0.1) is 11.9 Å². The van der Waals surface area contributed by atoms with Crippen LogP contribution in [0.4, 0.5) is 4.39 Å². The summed E-state index contributed by atoms with van der Waals surface area (Å²) in [5.41, 5.74) is 0. The summed E-state index contributed by atoms with van der Waals surface area (Å²) in [6, 6.07) is 8.49. The zero-order valence-corrected chi connectivity index (χ0v) is 9.91. The Labute approximate surface area is 111 Å². The molecule has 0 saturated carbocycles. The second-order valence-electron chi connectivity index (χ2n) is 1.22. The molecule has 0 aromatic heterocycles. The molecular weight excluding hydrogens is 238 g/mol. The fourth-order valence-electron chi connectivity index (χ4n) is 0.367. The van der Waals surface area contributed by atoms with Crippen molar-refractivity contribution in [2.45, 2.75) is 0 Å². The second-order valence-corrected chi connectivity index (χ2v) is 1.22. The van der Waals surface area contributed by atoms with E-state index in [9.17, 15) is 4.39 Å². The van der Waals surface area contributed by atoms with Crippen LogP contribution >= 0.6 is 0 Å². The Morgan fingerprint density at radius 2 is 1.55 bits per heavy atom. The molecular formula is C6H4BrClFLiMg. The van der Waals surface area contributed by atoms with Crippen LogP contribution in [0.25, 0.3) is 0 Å². The molecule has 0 heterocycles. The van der Waals surface area contributed by atoms with Crippen molar-refractivity contribution in [2.75, 3.05) is 0 Å². The molecule has 0 atom stereocenters. The predicted octanol–water partition coefficient (Wildman–Crippen LogP) is -7.74. The Morgan fingerprint density at radius 3 is 1.73 bits per heavy atom. The fourth-order valence-corrected chi connectivity index (χ4v) is 0.367. The van der Waals surface area contributed by atoms with Crippen molar-refractivity contribution >= 4 is 23.1 Å². The summed E-state index contributed by atoms with van der Waals surface area (Å²) in [6.07, 6.45) is 0. The van der Waals surface area contributed by atoms with Crippen LogP contribution in [-0.2, 0) is 0 Å². The third kappa shape index (κ3) is 11.3. The zero-order valence-electron chi connectivity index (χ0n) is 6.15. The molecule has 11 heavy (non-hydrogen) atoms. The zero-order chi connectivity index (χ0) is 5.11. The summed E-state index contributed by atoms with van der Waals surface area (Å²) in [4.78, 5) is 0. The van der Waals surface area contributed by atoms with Gasteiger partial charge in [0.25, 0.3) is 0 Å². The molecule has 0 aliphatic carbocycles. The van der Waals surface area contributed by atoms with Gasteiger partial charge in [0, 0.05) is 5.82 Å². The van der Waals surface area contributed by atoms with E-state index in [0.717, 1.165) is 0 Å². The average Bonchev–Trinajstić information content (AvgIpc) is 1.69. The molecule has 0 nitrogen and oxygen atoms in total. The summed E-state index contributed by atoms with van der Waals surface area (Å²) in [6.45, 7) is 0. The Morgan fingerprint density at radius 1 is 1.18 bits per heavy atom. The quantitative estimate of drug-likeness (QED) is 0.313. The first-order valence-electron chi connectivity index (χ1n) is 2.01. The number of benzene rings is 1. The monoisotopic (exact) mass is 240 g/mol. The van der Waals surface area contributed by atoms with Gasteiger partial charge in [-0.3, -0.25) is 0 Å². The third-order valence-corrected chi connectivity index (χ3v) is 0.678. The summed E-state index contributed by atoms with van der Waals surface area (Å²) in [5, 5.41) is 0. The van der Waals surface area contributed by atoms with E-state index in [4.69, 9.17) is 0 Å². The van der Waals surface area contributed by atoms with Crippen LogP contribution in [0.5, 0.6) is 0 Å². The van der Waals surface area contributed by atoms with Crippen molar-refractivity contribution in [1.82, 2.24) is 0 Å². The van der Waals surface area contributed by atoms with Gasteiger partial charge in [-0.2, -0.15) is 18.2 Å². The van der Waals surface area contributed by atoms with Crippen LogP contribution in [0.15, 0.2) is 24.3 Å². The number of hydrogen-bond donors (Lipinski definition) is 0. The molecule has 0 fully saturated rings. The summed E-state index contributed by atoms with van der Waals surface area (Å²) in [5.74, 6) is -0.209. The van der Waals surface area contributed by atoms with Crippen molar-refractivity contribution in [3.05, 3.63) is 36.1 Å². The first-order chi connectivity index (χ1) is 3.39. The van der Waals surface area contributed by atoms with Crippen molar-refractivity contribution < 1.29 is 52.6 Å². The number of hydrogen-bond acceptors (Lipinski definition) is 0. The van der Waals surface area contributed by atoms with Crippen LogP contribution in [0.2, 0.25) is 0 Å². The van der Waals surface area contributed by atoms with Crippen LogP contribution in [0.1, 0.15) is 0 Å². The smallest absolute Gasteiger partial charge is 1.00 e. The van der Waals surface area contributed by atoms with Crippen molar-refractivity contribution in [2.24, 2.45) is 0 Å². The van der Waals surface area contributed by atoms with Gasteiger partial charge in [0.05, 0.1) is 0 Å². The van der Waals surface area contributed by atoms with E-state index in [1.54, 1.807) is 0 Å². The number of halogens is 3. The minimum Gasteiger partial charge on any atom is -1.00 e. The molecule has 0 aliphatic rings. The van der Waals surface area contributed by atoms with Gasteiger partial charge in [0.15, 0.2) is 0 Å². The topological polar surface area (TPSA) is 0 Å². The second kappa shape index (κ2) is 13.8. The predicted molar refractivity (Wildman–Crippen MR) is 31.0 cm³/mol. The number of rotatable bonds is 0. The molecule has 0 aliphatic heterocycles. The largest absolute Gasteiger partial charge is 2.00 e. The molecule has 1 aromatic rings. The van der Waals surface area contributed by atoms with Gasteiger partial charge in [0.1, 0.15) is 0 Å². The Bertz CT molecular complexity index is 153. The molecule has 5 heteroatoms. The Balaban J connectivity index is -0.0000000612. The van der Waals surface area contributed by atoms with E-state index < -0.39 is 0 Å². The van der Waals surface area contributed by atoms with Gasteiger partial charge in [-0.1, -0.05) is 0 Å². The van der Waals surface area contributed by atoms with E-state index in [1.165, 1.54) is 24.3 Å². The third-order valence-electron chi connectivity index (χ3n) is 0.678. The summed E-state index contributed by atoms with van der Waals surface area (Å²) in [7, 11) is 0. The Hall–Kier alpha value is 1.28. The minimum atomic E-state index is -0.209. The molecule has 0 unspecified atom stereocenters. The van der Waals surface area contributed by atoms with Crippen molar-refractivity contribution in [1.29, 1.82) is 0 Å². The van der Waals surface area contributed by atoms with Gasteiger partial charge in [-0.15, -0.1) is 12.1 Å².